The molecule has 0 aromatic heterocycles. The van der Waals surface area contributed by atoms with Gasteiger partial charge in [-0.05, 0) is 35.9 Å². The first-order valence-electron chi connectivity index (χ1n) is 7.50. The molecule has 0 saturated heterocycles. The third kappa shape index (κ3) is 4.67. The minimum Gasteiger partial charge on any atom is -0.496 e. The summed E-state index contributed by atoms with van der Waals surface area (Å²) >= 11 is 0. The Bertz CT molecular complexity index is 767. The molecule has 6 heteroatoms. The number of ether oxygens (including phenoxy) is 4. The number of hydrogen-bond acceptors (Lipinski definition) is 5. The minimum absolute atomic E-state index is 0.224. The lowest BCUT2D eigenvalue weighted by atomic mass is 10.1. The molecule has 0 saturated carbocycles. The van der Waals surface area contributed by atoms with Crippen LogP contribution < -0.4 is 18.9 Å². The molecule has 0 aliphatic carbocycles. The molecular weight excluding hydrogens is 324 g/mol. The highest BCUT2D eigenvalue weighted by Crippen LogP contribution is 2.37. The van der Waals surface area contributed by atoms with Crippen LogP contribution in [0, 0.1) is 0 Å². The van der Waals surface area contributed by atoms with Crippen molar-refractivity contribution in [2.45, 2.75) is 6.61 Å². The Morgan fingerprint density at radius 3 is 2.36 bits per heavy atom. The van der Waals surface area contributed by atoms with E-state index in [4.69, 9.17) is 24.1 Å². The highest BCUT2D eigenvalue weighted by atomic mass is 16.5. The van der Waals surface area contributed by atoms with Crippen LogP contribution in [0.2, 0.25) is 0 Å². The summed E-state index contributed by atoms with van der Waals surface area (Å²) in [5.74, 6) is 1.26. The summed E-state index contributed by atoms with van der Waals surface area (Å²) in [4.78, 5) is 10.7. The number of para-hydroxylation sites is 1. The fourth-order valence-corrected chi connectivity index (χ4v) is 2.31. The van der Waals surface area contributed by atoms with Gasteiger partial charge in [0.15, 0.2) is 11.5 Å². The fraction of sp³-hybridized carbons (Fsp3) is 0.211. The van der Waals surface area contributed by atoms with Crippen molar-refractivity contribution in [2.75, 3.05) is 21.3 Å². The SMILES string of the molecule is COc1ccc(C=CC(=O)O)cc1COc1cccc(OC)c1OC. The maximum absolute atomic E-state index is 10.7. The molecule has 6 nitrogen and oxygen atoms in total. The van der Waals surface area contributed by atoms with Gasteiger partial charge in [-0.2, -0.15) is 0 Å². The molecule has 0 aliphatic rings. The van der Waals surface area contributed by atoms with Crippen LogP contribution in [-0.2, 0) is 11.4 Å². The number of methoxy groups -OCH3 is 3. The summed E-state index contributed by atoms with van der Waals surface area (Å²) in [5.41, 5.74) is 1.51. The van der Waals surface area contributed by atoms with Crippen LogP contribution in [0.3, 0.4) is 0 Å². The molecule has 2 aromatic rings. The Morgan fingerprint density at radius 1 is 1.00 bits per heavy atom. The third-order valence-electron chi connectivity index (χ3n) is 3.47. The van der Waals surface area contributed by atoms with Crippen LogP contribution in [0.4, 0.5) is 0 Å². The molecular formula is C19H20O6. The number of rotatable bonds is 8. The van der Waals surface area contributed by atoms with Crippen molar-refractivity contribution in [1.82, 2.24) is 0 Å². The largest absolute Gasteiger partial charge is 0.496 e. The standard InChI is InChI=1S/C19H20O6/c1-22-15-9-7-13(8-10-18(20)21)11-14(15)12-25-17-6-4-5-16(23-2)19(17)24-3/h4-11H,12H2,1-3H3,(H,20,21). The number of carbonyl (C=O) groups is 1. The molecule has 2 rings (SSSR count). The van der Waals surface area contributed by atoms with Gasteiger partial charge >= 0.3 is 5.97 Å². The van der Waals surface area contributed by atoms with Gasteiger partial charge < -0.3 is 24.1 Å². The third-order valence-corrected chi connectivity index (χ3v) is 3.47. The number of hydrogen-bond donors (Lipinski definition) is 1. The van der Waals surface area contributed by atoms with Crippen molar-refractivity contribution in [3.63, 3.8) is 0 Å². The van der Waals surface area contributed by atoms with Crippen molar-refractivity contribution in [1.29, 1.82) is 0 Å². The summed E-state index contributed by atoms with van der Waals surface area (Å²) in [7, 11) is 4.67. The molecule has 0 atom stereocenters. The van der Waals surface area contributed by atoms with Crippen LogP contribution in [0.1, 0.15) is 11.1 Å². The average Bonchev–Trinajstić information content (AvgIpc) is 2.64. The van der Waals surface area contributed by atoms with Crippen molar-refractivity contribution >= 4 is 12.0 Å². The van der Waals surface area contributed by atoms with Crippen molar-refractivity contribution in [3.8, 4) is 23.0 Å². The normalized spacial score (nSPS) is 10.5. The van der Waals surface area contributed by atoms with E-state index in [2.05, 4.69) is 0 Å². The fourth-order valence-electron chi connectivity index (χ4n) is 2.31. The topological polar surface area (TPSA) is 74.2 Å². The van der Waals surface area contributed by atoms with E-state index in [1.54, 1.807) is 51.7 Å². The second-order valence-electron chi connectivity index (χ2n) is 5.02. The molecule has 0 amide bonds. The Balaban J connectivity index is 2.25. The van der Waals surface area contributed by atoms with Gasteiger partial charge in [0.2, 0.25) is 5.75 Å². The predicted octanol–water partition coefficient (Wildman–Crippen LogP) is 3.39. The van der Waals surface area contributed by atoms with Crippen LogP contribution in [0.5, 0.6) is 23.0 Å². The highest BCUT2D eigenvalue weighted by molar-refractivity contribution is 5.85. The maximum atomic E-state index is 10.7. The zero-order valence-corrected chi connectivity index (χ0v) is 14.3. The highest BCUT2D eigenvalue weighted by Gasteiger charge is 2.12. The first kappa shape index (κ1) is 18.2. The quantitative estimate of drug-likeness (QED) is 0.740. The van der Waals surface area contributed by atoms with E-state index >= 15 is 0 Å². The molecule has 0 unspecified atom stereocenters. The number of carboxylic acid groups (broad SMARTS) is 1. The Morgan fingerprint density at radius 2 is 1.72 bits per heavy atom. The van der Waals surface area contributed by atoms with Crippen LogP contribution >= 0.6 is 0 Å². The second-order valence-corrected chi connectivity index (χ2v) is 5.02. The zero-order chi connectivity index (χ0) is 18.2. The molecule has 0 heterocycles. The van der Waals surface area contributed by atoms with E-state index in [0.29, 0.717) is 23.0 Å². The van der Waals surface area contributed by atoms with Gasteiger partial charge in [0.1, 0.15) is 12.4 Å². The van der Waals surface area contributed by atoms with E-state index in [9.17, 15) is 4.79 Å². The summed E-state index contributed by atoms with van der Waals surface area (Å²) < 4.78 is 21.8. The molecule has 0 aliphatic heterocycles. The van der Waals surface area contributed by atoms with Gasteiger partial charge in [-0.1, -0.05) is 12.1 Å². The zero-order valence-electron chi connectivity index (χ0n) is 14.3. The van der Waals surface area contributed by atoms with Gasteiger partial charge in [0.05, 0.1) is 21.3 Å². The van der Waals surface area contributed by atoms with Gasteiger partial charge in [-0.15, -0.1) is 0 Å². The molecule has 25 heavy (non-hydrogen) atoms. The molecule has 0 bridgehead atoms. The first-order chi connectivity index (χ1) is 12.1. The summed E-state index contributed by atoms with van der Waals surface area (Å²) in [6.45, 7) is 0.224. The lowest BCUT2D eigenvalue weighted by Gasteiger charge is -2.15. The smallest absolute Gasteiger partial charge is 0.328 e. The number of benzene rings is 2. The monoisotopic (exact) mass is 344 g/mol. The molecule has 0 fully saturated rings. The lowest BCUT2D eigenvalue weighted by molar-refractivity contribution is -0.131. The Labute approximate surface area is 146 Å². The van der Waals surface area contributed by atoms with Gasteiger partial charge in [-0.3, -0.25) is 0 Å². The van der Waals surface area contributed by atoms with E-state index < -0.39 is 5.97 Å². The summed E-state index contributed by atoms with van der Waals surface area (Å²) in [6.07, 6.45) is 2.59. The van der Waals surface area contributed by atoms with Crippen molar-refractivity contribution in [3.05, 3.63) is 53.6 Å². The van der Waals surface area contributed by atoms with Gasteiger partial charge in [0, 0.05) is 11.6 Å². The van der Waals surface area contributed by atoms with Crippen molar-refractivity contribution in [2.24, 2.45) is 0 Å². The van der Waals surface area contributed by atoms with Crippen molar-refractivity contribution < 1.29 is 28.8 Å². The summed E-state index contributed by atoms with van der Waals surface area (Å²) in [5, 5.41) is 8.74. The second kappa shape index (κ2) is 8.63. The lowest BCUT2D eigenvalue weighted by Crippen LogP contribution is -2.01. The Hall–Kier alpha value is -3.15. The van der Waals surface area contributed by atoms with Crippen LogP contribution in [0.25, 0.3) is 6.08 Å². The maximum Gasteiger partial charge on any atom is 0.328 e. The molecule has 0 radical (unpaired) electrons. The summed E-state index contributed by atoms with van der Waals surface area (Å²) in [6, 6.07) is 10.7. The van der Waals surface area contributed by atoms with Crippen LogP contribution in [-0.4, -0.2) is 32.4 Å². The molecule has 0 spiro atoms. The number of aliphatic carboxylic acids is 1. The van der Waals surface area contributed by atoms with E-state index in [-0.39, 0.29) is 6.61 Å². The van der Waals surface area contributed by atoms with E-state index in [1.807, 2.05) is 6.07 Å². The van der Waals surface area contributed by atoms with Crippen LogP contribution in [0.15, 0.2) is 42.5 Å². The van der Waals surface area contributed by atoms with Gasteiger partial charge in [-0.25, -0.2) is 4.79 Å². The molecule has 2 aromatic carbocycles. The van der Waals surface area contributed by atoms with E-state index in [0.717, 1.165) is 17.2 Å². The Kier molecular flexibility index (Phi) is 6.28. The average molecular weight is 344 g/mol. The van der Waals surface area contributed by atoms with E-state index in [1.165, 1.54) is 6.08 Å². The predicted molar refractivity (Wildman–Crippen MR) is 93.5 cm³/mol. The first-order valence-corrected chi connectivity index (χ1v) is 7.50. The van der Waals surface area contributed by atoms with Gasteiger partial charge in [0.25, 0.3) is 0 Å². The minimum atomic E-state index is -1.00. The molecule has 1 N–H and O–H groups in total. The molecule has 132 valence electrons. The number of carboxylic acids is 1.